The van der Waals surface area contributed by atoms with E-state index in [9.17, 15) is 15.0 Å². The molecular weight excluding hydrogens is 244 g/mol. The van der Waals surface area contributed by atoms with E-state index in [1.54, 1.807) is 6.07 Å². The Morgan fingerprint density at radius 1 is 1.26 bits per heavy atom. The van der Waals surface area contributed by atoms with Gasteiger partial charge in [-0.25, -0.2) is 0 Å². The van der Waals surface area contributed by atoms with E-state index in [-0.39, 0.29) is 23.0 Å². The molecule has 19 heavy (non-hydrogen) atoms. The topological polar surface area (TPSA) is 95.6 Å². The number of phenolic OH excluding ortho intramolecular Hbond substituents is 1. The number of aromatic hydroxyl groups is 1. The summed E-state index contributed by atoms with van der Waals surface area (Å²) in [5, 5.41) is 22.5. The third kappa shape index (κ3) is 3.17. The van der Waals surface area contributed by atoms with Gasteiger partial charge in [-0.15, -0.1) is 0 Å². The van der Waals surface area contributed by atoms with Crippen molar-refractivity contribution in [2.45, 2.75) is 44.2 Å². The van der Waals surface area contributed by atoms with Gasteiger partial charge >= 0.3 is 0 Å². The lowest BCUT2D eigenvalue weighted by atomic mass is 10.0. The van der Waals surface area contributed by atoms with Crippen molar-refractivity contribution in [2.75, 3.05) is 5.73 Å². The van der Waals surface area contributed by atoms with Gasteiger partial charge in [-0.2, -0.15) is 0 Å². The fraction of sp³-hybridized carbons (Fsp3) is 0.500. The Morgan fingerprint density at radius 3 is 2.79 bits per heavy atom. The quantitative estimate of drug-likeness (QED) is 0.369. The molecule has 1 saturated carbocycles. The van der Waals surface area contributed by atoms with Gasteiger partial charge in [0.05, 0.1) is 23.4 Å². The second-order valence-electron chi connectivity index (χ2n) is 5.03. The van der Waals surface area contributed by atoms with Crippen LogP contribution in [0.5, 0.6) is 5.75 Å². The summed E-state index contributed by atoms with van der Waals surface area (Å²) >= 11 is 0. The molecular formula is C14H20N2O3. The second kappa shape index (κ2) is 5.93. The summed E-state index contributed by atoms with van der Waals surface area (Å²) in [6.07, 6.45) is 3.99. The summed E-state index contributed by atoms with van der Waals surface area (Å²) in [5.41, 5.74) is 5.89. The van der Waals surface area contributed by atoms with Gasteiger partial charge in [0, 0.05) is 0 Å². The first-order valence-corrected chi connectivity index (χ1v) is 6.66. The molecule has 0 aliphatic heterocycles. The summed E-state index contributed by atoms with van der Waals surface area (Å²) < 4.78 is 0. The van der Waals surface area contributed by atoms with Crippen LogP contribution in [-0.4, -0.2) is 28.3 Å². The summed E-state index contributed by atoms with van der Waals surface area (Å²) in [4.78, 5) is 12.1. The molecule has 5 heteroatoms. The highest BCUT2D eigenvalue weighted by Gasteiger charge is 2.24. The smallest absolute Gasteiger partial charge is 0.255 e. The molecule has 1 amide bonds. The first kappa shape index (κ1) is 13.7. The second-order valence-corrected chi connectivity index (χ2v) is 5.03. The number of hydrogen-bond donors (Lipinski definition) is 4. The number of carbonyl (C=O) groups excluding carboxylic acids is 1. The van der Waals surface area contributed by atoms with E-state index < -0.39 is 12.0 Å². The Hall–Kier alpha value is -1.75. The zero-order valence-corrected chi connectivity index (χ0v) is 10.8. The van der Waals surface area contributed by atoms with Gasteiger partial charge in [0.2, 0.25) is 0 Å². The van der Waals surface area contributed by atoms with Crippen LogP contribution in [0.2, 0.25) is 0 Å². The molecule has 0 radical (unpaired) electrons. The van der Waals surface area contributed by atoms with Crippen molar-refractivity contribution in [3.8, 4) is 5.75 Å². The van der Waals surface area contributed by atoms with E-state index in [0.29, 0.717) is 6.42 Å². The molecule has 1 aliphatic rings. The van der Waals surface area contributed by atoms with E-state index in [4.69, 9.17) is 5.73 Å². The number of aliphatic hydroxyl groups is 1. The van der Waals surface area contributed by atoms with Crippen LogP contribution in [0, 0.1) is 0 Å². The number of anilines is 1. The Morgan fingerprint density at radius 2 is 2.00 bits per heavy atom. The van der Waals surface area contributed by atoms with E-state index in [2.05, 4.69) is 5.32 Å². The molecule has 5 N–H and O–H groups in total. The Balaban J connectivity index is 2.09. The van der Waals surface area contributed by atoms with Crippen LogP contribution in [0.25, 0.3) is 0 Å². The van der Waals surface area contributed by atoms with Crippen molar-refractivity contribution >= 4 is 11.6 Å². The van der Waals surface area contributed by atoms with Crippen LogP contribution in [0.15, 0.2) is 18.2 Å². The molecule has 0 spiro atoms. The number of para-hydroxylation sites is 1. The minimum atomic E-state index is -0.519. The highest BCUT2D eigenvalue weighted by molar-refractivity contribution is 5.98. The number of amides is 1. The van der Waals surface area contributed by atoms with Crippen LogP contribution in [-0.2, 0) is 0 Å². The largest absolute Gasteiger partial charge is 0.505 e. The van der Waals surface area contributed by atoms with Gasteiger partial charge in [0.15, 0.2) is 5.75 Å². The molecule has 2 atom stereocenters. The first-order chi connectivity index (χ1) is 9.09. The van der Waals surface area contributed by atoms with Gasteiger partial charge in [0.1, 0.15) is 0 Å². The van der Waals surface area contributed by atoms with Gasteiger partial charge in [0.25, 0.3) is 5.91 Å². The summed E-state index contributed by atoms with van der Waals surface area (Å²) in [5.74, 6) is -0.598. The number of benzene rings is 1. The monoisotopic (exact) mass is 264 g/mol. The third-order valence-corrected chi connectivity index (χ3v) is 3.61. The van der Waals surface area contributed by atoms with Gasteiger partial charge in [-0.05, 0) is 25.0 Å². The minimum absolute atomic E-state index is 0.149. The lowest BCUT2D eigenvalue weighted by Crippen LogP contribution is -2.42. The van der Waals surface area contributed by atoms with E-state index in [0.717, 1.165) is 25.7 Å². The first-order valence-electron chi connectivity index (χ1n) is 6.66. The highest BCUT2D eigenvalue weighted by atomic mass is 16.3. The molecule has 104 valence electrons. The van der Waals surface area contributed by atoms with Crippen molar-refractivity contribution in [2.24, 2.45) is 0 Å². The molecule has 1 aromatic rings. The van der Waals surface area contributed by atoms with Gasteiger partial charge < -0.3 is 21.3 Å². The molecule has 0 heterocycles. The fourth-order valence-corrected chi connectivity index (χ4v) is 2.45. The molecule has 1 aromatic carbocycles. The molecule has 5 nitrogen and oxygen atoms in total. The molecule has 0 bridgehead atoms. The minimum Gasteiger partial charge on any atom is -0.505 e. The SMILES string of the molecule is Nc1cccc(C(=O)NC2CCCCCC2O)c1O. The Labute approximate surface area is 112 Å². The van der Waals surface area contributed by atoms with Crippen molar-refractivity contribution in [3.63, 3.8) is 0 Å². The maximum Gasteiger partial charge on any atom is 0.255 e. The molecule has 1 aliphatic carbocycles. The lowest BCUT2D eigenvalue weighted by molar-refractivity contribution is 0.0816. The number of nitrogens with one attached hydrogen (secondary N) is 1. The molecule has 2 rings (SSSR count). The predicted molar refractivity (Wildman–Crippen MR) is 72.9 cm³/mol. The van der Waals surface area contributed by atoms with Gasteiger partial charge in [-0.3, -0.25) is 4.79 Å². The summed E-state index contributed by atoms with van der Waals surface area (Å²) in [7, 11) is 0. The van der Waals surface area contributed by atoms with Crippen molar-refractivity contribution in [3.05, 3.63) is 23.8 Å². The van der Waals surface area contributed by atoms with Crippen molar-refractivity contribution in [1.29, 1.82) is 0 Å². The van der Waals surface area contributed by atoms with E-state index in [1.165, 1.54) is 12.1 Å². The predicted octanol–water partition coefficient (Wildman–Crippen LogP) is 1.40. The van der Waals surface area contributed by atoms with Crippen molar-refractivity contribution < 1.29 is 15.0 Å². The van der Waals surface area contributed by atoms with Crippen LogP contribution < -0.4 is 11.1 Å². The highest BCUT2D eigenvalue weighted by Crippen LogP contribution is 2.25. The molecule has 2 unspecified atom stereocenters. The average Bonchev–Trinajstić information content (AvgIpc) is 2.58. The maximum absolute atomic E-state index is 12.1. The zero-order chi connectivity index (χ0) is 13.8. The molecule has 0 aromatic heterocycles. The summed E-state index contributed by atoms with van der Waals surface area (Å²) in [6.45, 7) is 0. The number of nitrogen functional groups attached to an aromatic ring is 1. The molecule has 1 fully saturated rings. The third-order valence-electron chi connectivity index (χ3n) is 3.61. The van der Waals surface area contributed by atoms with Crippen LogP contribution in [0.1, 0.15) is 42.5 Å². The maximum atomic E-state index is 12.1. The van der Waals surface area contributed by atoms with E-state index >= 15 is 0 Å². The number of carbonyl (C=O) groups is 1. The van der Waals surface area contributed by atoms with E-state index in [1.807, 2.05) is 0 Å². The fourth-order valence-electron chi connectivity index (χ4n) is 2.45. The van der Waals surface area contributed by atoms with Gasteiger partial charge in [-0.1, -0.05) is 25.3 Å². The number of phenols is 1. The normalized spacial score (nSPS) is 23.6. The molecule has 0 saturated heterocycles. The van der Waals surface area contributed by atoms with Crippen LogP contribution >= 0.6 is 0 Å². The van der Waals surface area contributed by atoms with Crippen LogP contribution in [0.3, 0.4) is 0 Å². The zero-order valence-electron chi connectivity index (χ0n) is 10.8. The Kier molecular flexibility index (Phi) is 4.27. The van der Waals surface area contributed by atoms with Crippen molar-refractivity contribution in [1.82, 2.24) is 5.32 Å². The number of aliphatic hydroxyl groups excluding tert-OH is 1. The number of rotatable bonds is 2. The van der Waals surface area contributed by atoms with Crippen LogP contribution in [0.4, 0.5) is 5.69 Å². The summed E-state index contributed by atoms with van der Waals surface area (Å²) in [6, 6.07) is 4.42. The Bertz CT molecular complexity index is 462. The number of nitrogens with two attached hydrogens (primary N) is 1. The number of hydrogen-bond acceptors (Lipinski definition) is 4. The standard InChI is InChI=1S/C14H20N2O3/c15-10-6-4-5-9(13(10)18)14(19)16-11-7-2-1-3-8-12(11)17/h4-6,11-12,17-18H,1-3,7-8,15H2,(H,16,19). The average molecular weight is 264 g/mol. The lowest BCUT2D eigenvalue weighted by Gasteiger charge is -2.22.